The molecule has 3 N–H and O–H groups in total. The van der Waals surface area contributed by atoms with Crippen LogP contribution >= 0.6 is 0 Å². The number of ether oxygens (including phenoxy) is 1. The zero-order chi connectivity index (χ0) is 15.3. The summed E-state index contributed by atoms with van der Waals surface area (Å²) in [5.74, 6) is 0. The molecular formula is C16H27N3O2. The van der Waals surface area contributed by atoms with E-state index in [0.717, 1.165) is 25.9 Å². The number of hydrogen-bond donors (Lipinski definition) is 2. The number of nitrogens with two attached hydrogens (primary N) is 1. The average molecular weight is 293 g/mol. The fourth-order valence-electron chi connectivity index (χ4n) is 1.98. The van der Waals surface area contributed by atoms with Crippen molar-refractivity contribution in [2.24, 2.45) is 5.73 Å². The van der Waals surface area contributed by atoms with Gasteiger partial charge in [0.2, 0.25) is 0 Å². The lowest BCUT2D eigenvalue weighted by molar-refractivity contribution is 0.126. The zero-order valence-corrected chi connectivity index (χ0v) is 12.9. The number of nitrogens with zero attached hydrogens (tertiary/aromatic N) is 1. The topological polar surface area (TPSA) is 67.6 Å². The summed E-state index contributed by atoms with van der Waals surface area (Å²) < 4.78 is 5.17. The number of unbranched alkanes of at least 4 members (excludes halogenated alkanes) is 1. The molecule has 1 amide bonds. The van der Waals surface area contributed by atoms with Gasteiger partial charge >= 0.3 is 6.09 Å². The zero-order valence-electron chi connectivity index (χ0n) is 12.9. The third kappa shape index (κ3) is 8.32. The maximum Gasteiger partial charge on any atom is 0.407 e. The van der Waals surface area contributed by atoms with E-state index in [1.54, 1.807) is 0 Å². The Hall–Kier alpha value is -1.59. The summed E-state index contributed by atoms with van der Waals surface area (Å²) >= 11 is 0. The van der Waals surface area contributed by atoms with Crippen molar-refractivity contribution in [2.75, 3.05) is 32.8 Å². The van der Waals surface area contributed by atoms with E-state index in [4.69, 9.17) is 10.5 Å². The minimum absolute atomic E-state index is 0.337. The van der Waals surface area contributed by atoms with Crippen molar-refractivity contribution in [3.05, 3.63) is 35.9 Å². The molecule has 5 nitrogen and oxygen atoms in total. The van der Waals surface area contributed by atoms with Crippen LogP contribution in [-0.2, 0) is 11.3 Å². The van der Waals surface area contributed by atoms with Crippen LogP contribution in [0.4, 0.5) is 4.79 Å². The average Bonchev–Trinajstić information content (AvgIpc) is 2.49. The monoisotopic (exact) mass is 293 g/mol. The fourth-order valence-corrected chi connectivity index (χ4v) is 1.98. The van der Waals surface area contributed by atoms with E-state index in [0.29, 0.717) is 26.2 Å². The van der Waals surface area contributed by atoms with Gasteiger partial charge in [0, 0.05) is 32.7 Å². The van der Waals surface area contributed by atoms with Gasteiger partial charge in [-0.25, -0.2) is 4.79 Å². The van der Waals surface area contributed by atoms with Crippen LogP contribution in [0, 0.1) is 0 Å². The lowest BCUT2D eigenvalue weighted by Crippen LogP contribution is -2.34. The van der Waals surface area contributed by atoms with Crippen LogP contribution < -0.4 is 11.1 Å². The summed E-state index contributed by atoms with van der Waals surface area (Å²) in [5, 5.41) is 2.73. The Morgan fingerprint density at radius 3 is 2.71 bits per heavy atom. The first-order valence-electron chi connectivity index (χ1n) is 7.63. The molecule has 0 saturated carbocycles. The second-order valence-electron chi connectivity index (χ2n) is 4.97. The van der Waals surface area contributed by atoms with E-state index in [2.05, 4.69) is 29.3 Å². The van der Waals surface area contributed by atoms with Crippen molar-refractivity contribution in [2.45, 2.75) is 26.3 Å². The summed E-state index contributed by atoms with van der Waals surface area (Å²) in [6, 6.07) is 10.2. The summed E-state index contributed by atoms with van der Waals surface area (Å²) in [7, 11) is 0. The van der Waals surface area contributed by atoms with Crippen LogP contribution in [0.25, 0.3) is 0 Å². The van der Waals surface area contributed by atoms with Gasteiger partial charge in [0.25, 0.3) is 0 Å². The predicted octanol–water partition coefficient (Wildman–Crippen LogP) is 1.97. The number of hydrogen-bond acceptors (Lipinski definition) is 4. The van der Waals surface area contributed by atoms with Gasteiger partial charge in [-0.15, -0.1) is 0 Å². The molecule has 0 radical (unpaired) electrons. The molecule has 0 heterocycles. The molecule has 0 aliphatic rings. The standard InChI is InChI=1S/C16H27N3O2/c1-2-3-10-18-16(20)21-13-12-19(11-9-17)14-15-7-5-4-6-8-15/h4-8H,2-3,9-14,17H2,1H3,(H,18,20). The number of rotatable bonds is 10. The van der Waals surface area contributed by atoms with Crippen molar-refractivity contribution in [3.63, 3.8) is 0 Å². The summed E-state index contributed by atoms with van der Waals surface area (Å²) in [6.45, 7) is 6.02. The first kappa shape index (κ1) is 17.5. The molecule has 1 aromatic carbocycles. The number of alkyl carbamates (subject to hydrolysis) is 1. The smallest absolute Gasteiger partial charge is 0.407 e. The van der Waals surface area contributed by atoms with Gasteiger partial charge in [-0.05, 0) is 12.0 Å². The minimum atomic E-state index is -0.337. The number of carbonyl (C=O) groups is 1. The van der Waals surface area contributed by atoms with E-state index in [1.165, 1.54) is 5.56 Å². The number of amides is 1. The molecule has 0 aliphatic heterocycles. The quantitative estimate of drug-likeness (QED) is 0.647. The summed E-state index contributed by atoms with van der Waals surface area (Å²) in [5.41, 5.74) is 6.87. The molecule has 0 spiro atoms. The van der Waals surface area contributed by atoms with Crippen LogP contribution in [0.3, 0.4) is 0 Å². The van der Waals surface area contributed by atoms with Crippen LogP contribution in [0.2, 0.25) is 0 Å². The maximum atomic E-state index is 11.4. The Labute approximate surface area is 127 Å². The molecule has 0 aromatic heterocycles. The highest BCUT2D eigenvalue weighted by molar-refractivity contribution is 5.66. The van der Waals surface area contributed by atoms with Crippen LogP contribution in [0.1, 0.15) is 25.3 Å². The first-order chi connectivity index (χ1) is 10.3. The summed E-state index contributed by atoms with van der Waals surface area (Å²) in [4.78, 5) is 13.6. The third-order valence-corrected chi connectivity index (χ3v) is 3.13. The van der Waals surface area contributed by atoms with Crippen LogP contribution in [0.15, 0.2) is 30.3 Å². The van der Waals surface area contributed by atoms with Crippen molar-refractivity contribution in [1.29, 1.82) is 0 Å². The van der Waals surface area contributed by atoms with Crippen LogP contribution in [-0.4, -0.2) is 43.8 Å². The number of benzene rings is 1. The first-order valence-corrected chi connectivity index (χ1v) is 7.63. The van der Waals surface area contributed by atoms with Gasteiger partial charge in [-0.2, -0.15) is 0 Å². The van der Waals surface area contributed by atoms with Crippen molar-refractivity contribution in [1.82, 2.24) is 10.2 Å². The van der Waals surface area contributed by atoms with Crippen LogP contribution in [0.5, 0.6) is 0 Å². The third-order valence-electron chi connectivity index (χ3n) is 3.13. The normalized spacial score (nSPS) is 10.6. The van der Waals surface area contributed by atoms with Gasteiger partial charge in [0.05, 0.1) is 0 Å². The predicted molar refractivity (Wildman–Crippen MR) is 85.0 cm³/mol. The second-order valence-corrected chi connectivity index (χ2v) is 4.97. The van der Waals surface area contributed by atoms with E-state index in [-0.39, 0.29) is 6.09 Å². The number of nitrogens with one attached hydrogen (secondary N) is 1. The van der Waals surface area contributed by atoms with E-state index in [1.807, 2.05) is 18.2 Å². The van der Waals surface area contributed by atoms with Crippen molar-refractivity contribution in [3.8, 4) is 0 Å². The highest BCUT2D eigenvalue weighted by atomic mass is 16.5. The van der Waals surface area contributed by atoms with Gasteiger partial charge in [0.15, 0.2) is 0 Å². The molecule has 0 fully saturated rings. The Morgan fingerprint density at radius 2 is 2.05 bits per heavy atom. The molecule has 118 valence electrons. The molecule has 0 unspecified atom stereocenters. The SMILES string of the molecule is CCCCNC(=O)OCCN(CCN)Cc1ccccc1. The molecule has 1 aromatic rings. The lowest BCUT2D eigenvalue weighted by atomic mass is 10.2. The molecule has 0 atom stereocenters. The maximum absolute atomic E-state index is 11.4. The van der Waals surface area contributed by atoms with Gasteiger partial charge in [0.1, 0.15) is 6.61 Å². The number of carbonyl (C=O) groups excluding carboxylic acids is 1. The Morgan fingerprint density at radius 1 is 1.29 bits per heavy atom. The van der Waals surface area contributed by atoms with E-state index >= 15 is 0 Å². The highest BCUT2D eigenvalue weighted by Crippen LogP contribution is 2.03. The molecule has 21 heavy (non-hydrogen) atoms. The molecule has 5 heteroatoms. The minimum Gasteiger partial charge on any atom is -0.448 e. The van der Waals surface area contributed by atoms with Crippen molar-refractivity contribution >= 4 is 6.09 Å². The molecule has 0 aliphatic carbocycles. The largest absolute Gasteiger partial charge is 0.448 e. The van der Waals surface area contributed by atoms with Gasteiger partial charge in [-0.1, -0.05) is 43.7 Å². The fraction of sp³-hybridized carbons (Fsp3) is 0.562. The van der Waals surface area contributed by atoms with E-state index in [9.17, 15) is 4.79 Å². The highest BCUT2D eigenvalue weighted by Gasteiger charge is 2.07. The molecular weight excluding hydrogens is 266 g/mol. The molecule has 0 bridgehead atoms. The lowest BCUT2D eigenvalue weighted by Gasteiger charge is -2.21. The molecule has 0 saturated heterocycles. The van der Waals surface area contributed by atoms with Gasteiger partial charge < -0.3 is 15.8 Å². The summed E-state index contributed by atoms with van der Waals surface area (Å²) in [6.07, 6.45) is 1.69. The Kier molecular flexibility index (Phi) is 9.24. The molecule has 1 rings (SSSR count). The Balaban J connectivity index is 2.26. The van der Waals surface area contributed by atoms with Crippen molar-refractivity contribution < 1.29 is 9.53 Å². The Bertz CT molecular complexity index is 384. The second kappa shape index (κ2) is 11.1. The van der Waals surface area contributed by atoms with Gasteiger partial charge in [-0.3, -0.25) is 4.90 Å². The van der Waals surface area contributed by atoms with E-state index < -0.39 is 0 Å².